The van der Waals surface area contributed by atoms with Crippen molar-refractivity contribution in [3.05, 3.63) is 41.3 Å². The highest BCUT2D eigenvalue weighted by molar-refractivity contribution is 6.21. The molecule has 2 aliphatic rings. The molecule has 9 heteroatoms. The van der Waals surface area contributed by atoms with Crippen LogP contribution in [0.5, 0.6) is 0 Å². The molecule has 152 valence electrons. The Morgan fingerprint density at radius 2 is 1.69 bits per heavy atom. The number of hydrogen-bond acceptors (Lipinski definition) is 7. The van der Waals surface area contributed by atoms with Crippen LogP contribution in [0.1, 0.15) is 46.4 Å². The molecule has 0 aliphatic carbocycles. The molecule has 1 fully saturated rings. The van der Waals surface area contributed by atoms with Gasteiger partial charge in [-0.1, -0.05) is 24.2 Å². The average molecular weight is 397 g/mol. The van der Waals surface area contributed by atoms with Crippen molar-refractivity contribution in [2.75, 3.05) is 37.6 Å². The van der Waals surface area contributed by atoms with Gasteiger partial charge in [-0.25, -0.2) is 0 Å². The van der Waals surface area contributed by atoms with E-state index in [1.807, 2.05) is 11.8 Å². The number of imide groups is 1. The first kappa shape index (κ1) is 19.1. The maximum Gasteiger partial charge on any atom is 0.318 e. The van der Waals surface area contributed by atoms with E-state index in [2.05, 4.69) is 10.2 Å². The summed E-state index contributed by atoms with van der Waals surface area (Å²) in [5, 5.41) is 8.01. The number of carbonyl (C=O) groups is 3. The van der Waals surface area contributed by atoms with Crippen molar-refractivity contribution in [1.82, 2.24) is 20.0 Å². The Bertz CT molecular complexity index is 897. The van der Waals surface area contributed by atoms with Gasteiger partial charge in [0, 0.05) is 45.6 Å². The summed E-state index contributed by atoms with van der Waals surface area (Å²) in [6, 6.07) is 7.31. The number of carbonyl (C=O) groups excluding carboxylic acids is 3. The average Bonchev–Trinajstić information content (AvgIpc) is 3.33. The third kappa shape index (κ3) is 3.72. The zero-order valence-corrected chi connectivity index (χ0v) is 16.3. The quantitative estimate of drug-likeness (QED) is 0.679. The van der Waals surface area contributed by atoms with Crippen LogP contribution in [0, 0.1) is 0 Å². The molecule has 0 bridgehead atoms. The summed E-state index contributed by atoms with van der Waals surface area (Å²) >= 11 is 0. The highest BCUT2D eigenvalue weighted by Crippen LogP contribution is 2.23. The number of hydrogen-bond donors (Lipinski definition) is 0. The van der Waals surface area contributed by atoms with Gasteiger partial charge < -0.3 is 14.2 Å². The molecule has 0 atom stereocenters. The molecule has 2 aliphatic heterocycles. The minimum absolute atomic E-state index is 0.0287. The molecule has 1 aromatic carbocycles. The number of aromatic nitrogens is 2. The molecule has 1 aromatic heterocycles. The van der Waals surface area contributed by atoms with E-state index in [1.54, 1.807) is 29.2 Å². The number of benzene rings is 1. The van der Waals surface area contributed by atoms with E-state index in [1.165, 1.54) is 4.90 Å². The van der Waals surface area contributed by atoms with E-state index in [-0.39, 0.29) is 24.3 Å². The van der Waals surface area contributed by atoms with Crippen molar-refractivity contribution in [2.45, 2.75) is 26.2 Å². The molecule has 0 radical (unpaired) electrons. The molecule has 0 N–H and O–H groups in total. The number of anilines is 1. The molecule has 0 spiro atoms. The van der Waals surface area contributed by atoms with Crippen molar-refractivity contribution < 1.29 is 18.8 Å². The van der Waals surface area contributed by atoms with Gasteiger partial charge in [0.2, 0.25) is 11.8 Å². The van der Waals surface area contributed by atoms with Gasteiger partial charge in [0.1, 0.15) is 0 Å². The Hall–Kier alpha value is -3.23. The van der Waals surface area contributed by atoms with Gasteiger partial charge in [-0.2, -0.15) is 0 Å². The predicted molar refractivity (Wildman–Crippen MR) is 104 cm³/mol. The summed E-state index contributed by atoms with van der Waals surface area (Å²) in [5.74, 6) is 0.0723. The molecule has 1 saturated heterocycles. The topological polar surface area (TPSA) is 99.9 Å². The molecule has 2 aromatic rings. The highest BCUT2D eigenvalue weighted by Gasteiger charge is 2.34. The van der Waals surface area contributed by atoms with E-state index in [0.717, 1.165) is 0 Å². The fraction of sp³-hybridized carbons (Fsp3) is 0.450. The lowest BCUT2D eigenvalue weighted by Crippen LogP contribution is -2.49. The van der Waals surface area contributed by atoms with Gasteiger partial charge in [0.05, 0.1) is 11.1 Å². The van der Waals surface area contributed by atoms with Gasteiger partial charge in [0.15, 0.2) is 0 Å². The molecule has 0 unspecified atom stereocenters. The summed E-state index contributed by atoms with van der Waals surface area (Å²) in [5.41, 5.74) is 0.874. The molecular formula is C20H23N5O4. The Balaban J connectivity index is 1.24. The predicted octanol–water partition coefficient (Wildman–Crippen LogP) is 1.36. The van der Waals surface area contributed by atoms with Gasteiger partial charge in [-0.05, 0) is 18.6 Å². The molecule has 0 saturated carbocycles. The van der Waals surface area contributed by atoms with Gasteiger partial charge >= 0.3 is 6.01 Å². The molecule has 3 heterocycles. The Morgan fingerprint density at radius 1 is 1.03 bits per heavy atom. The van der Waals surface area contributed by atoms with Crippen molar-refractivity contribution in [3.63, 3.8) is 0 Å². The maximum absolute atomic E-state index is 12.5. The number of fused-ring (bicyclic) bond motifs is 1. The first-order valence-corrected chi connectivity index (χ1v) is 9.88. The SMILES string of the molecule is CCc1nnc(N2CCN(C(=O)CCCN3C(=O)c4ccccc4C3=O)CC2)o1. The van der Waals surface area contributed by atoms with Gasteiger partial charge in [-0.15, -0.1) is 5.10 Å². The van der Waals surface area contributed by atoms with Crippen molar-refractivity contribution >= 4 is 23.7 Å². The van der Waals surface area contributed by atoms with Crippen LogP contribution in [0.3, 0.4) is 0 Å². The first-order valence-electron chi connectivity index (χ1n) is 9.88. The fourth-order valence-corrected chi connectivity index (χ4v) is 3.65. The summed E-state index contributed by atoms with van der Waals surface area (Å²) in [6.45, 7) is 4.63. The molecule has 3 amide bonds. The number of nitrogens with zero attached hydrogens (tertiary/aromatic N) is 5. The van der Waals surface area contributed by atoms with Crippen LogP contribution >= 0.6 is 0 Å². The van der Waals surface area contributed by atoms with Crippen LogP contribution in [0.2, 0.25) is 0 Å². The third-order valence-corrected chi connectivity index (χ3v) is 5.31. The lowest BCUT2D eigenvalue weighted by atomic mass is 10.1. The van der Waals surface area contributed by atoms with Crippen LogP contribution in [0.25, 0.3) is 0 Å². The summed E-state index contributed by atoms with van der Waals surface area (Å²) in [4.78, 5) is 42.3. The minimum Gasteiger partial charge on any atom is -0.408 e. The lowest BCUT2D eigenvalue weighted by Gasteiger charge is -2.33. The third-order valence-electron chi connectivity index (χ3n) is 5.31. The number of aryl methyl sites for hydroxylation is 1. The molecular weight excluding hydrogens is 374 g/mol. The van der Waals surface area contributed by atoms with E-state index >= 15 is 0 Å². The van der Waals surface area contributed by atoms with Crippen LogP contribution < -0.4 is 4.90 Å². The van der Waals surface area contributed by atoms with E-state index in [9.17, 15) is 14.4 Å². The molecule has 9 nitrogen and oxygen atoms in total. The number of rotatable bonds is 6. The van der Waals surface area contributed by atoms with Crippen molar-refractivity contribution in [1.29, 1.82) is 0 Å². The number of piperazine rings is 1. The zero-order chi connectivity index (χ0) is 20.4. The first-order chi connectivity index (χ1) is 14.1. The minimum atomic E-state index is -0.280. The van der Waals surface area contributed by atoms with Crippen molar-refractivity contribution in [2.24, 2.45) is 0 Å². The van der Waals surface area contributed by atoms with Gasteiger partial charge in [-0.3, -0.25) is 19.3 Å². The van der Waals surface area contributed by atoms with E-state index in [0.29, 0.717) is 68.5 Å². The zero-order valence-electron chi connectivity index (χ0n) is 16.3. The Labute approximate surface area is 168 Å². The number of amides is 3. The van der Waals surface area contributed by atoms with Crippen LogP contribution in [-0.4, -0.2) is 70.4 Å². The second-order valence-corrected chi connectivity index (χ2v) is 7.11. The lowest BCUT2D eigenvalue weighted by molar-refractivity contribution is -0.131. The second kappa shape index (κ2) is 8.02. The Morgan fingerprint density at radius 3 is 2.28 bits per heavy atom. The highest BCUT2D eigenvalue weighted by atomic mass is 16.4. The normalized spacial score (nSPS) is 16.5. The fourth-order valence-electron chi connectivity index (χ4n) is 3.65. The monoisotopic (exact) mass is 397 g/mol. The smallest absolute Gasteiger partial charge is 0.318 e. The summed E-state index contributed by atoms with van der Waals surface area (Å²) in [7, 11) is 0. The van der Waals surface area contributed by atoms with E-state index < -0.39 is 0 Å². The van der Waals surface area contributed by atoms with Crippen LogP contribution in [0.4, 0.5) is 6.01 Å². The van der Waals surface area contributed by atoms with Crippen molar-refractivity contribution in [3.8, 4) is 0 Å². The second-order valence-electron chi connectivity index (χ2n) is 7.11. The molecule has 4 rings (SSSR count). The maximum atomic E-state index is 12.5. The summed E-state index contributed by atoms with van der Waals surface area (Å²) in [6.07, 6.45) is 1.44. The summed E-state index contributed by atoms with van der Waals surface area (Å²) < 4.78 is 5.57. The standard InChI is InChI=1S/C20H23N5O4/c1-2-16-21-22-20(29-16)24-12-10-23(11-13-24)17(26)8-5-9-25-18(27)14-6-3-4-7-15(14)19(25)28/h3-4,6-7H,2,5,8-13H2,1H3. The van der Waals surface area contributed by atoms with E-state index in [4.69, 9.17) is 4.42 Å². The van der Waals surface area contributed by atoms with Crippen LogP contribution in [-0.2, 0) is 11.2 Å². The largest absolute Gasteiger partial charge is 0.408 e. The van der Waals surface area contributed by atoms with Gasteiger partial charge in [0.25, 0.3) is 11.8 Å². The molecule has 29 heavy (non-hydrogen) atoms. The van der Waals surface area contributed by atoms with Crippen LogP contribution in [0.15, 0.2) is 28.7 Å². The Kier molecular flexibility index (Phi) is 5.28.